The van der Waals surface area contributed by atoms with E-state index in [-0.39, 0.29) is 22.8 Å². The van der Waals surface area contributed by atoms with Crippen LogP contribution in [0.2, 0.25) is 5.02 Å². The minimum atomic E-state index is -0.597. The molecular weight excluding hydrogens is 366 g/mol. The third kappa shape index (κ3) is 2.70. The number of halogens is 1. The fraction of sp³-hybridized carbons (Fsp3) is 0.238. The molecule has 2 heterocycles. The lowest BCUT2D eigenvalue weighted by atomic mass is 9.98. The summed E-state index contributed by atoms with van der Waals surface area (Å²) >= 11 is 6.20. The molecule has 1 aliphatic heterocycles. The average Bonchev–Trinajstić information content (AvgIpc) is 2.90. The van der Waals surface area contributed by atoms with Crippen LogP contribution in [0.3, 0.4) is 0 Å². The van der Waals surface area contributed by atoms with Gasteiger partial charge in [0.25, 0.3) is 5.91 Å². The van der Waals surface area contributed by atoms with Gasteiger partial charge >= 0.3 is 0 Å². The molecule has 0 radical (unpaired) electrons. The number of phenolic OH excluding ortho intramolecular Hbond substituents is 1. The number of phenols is 1. The first-order chi connectivity index (χ1) is 12.9. The summed E-state index contributed by atoms with van der Waals surface area (Å²) < 4.78 is 5.88. The van der Waals surface area contributed by atoms with Gasteiger partial charge in [-0.2, -0.15) is 0 Å². The van der Waals surface area contributed by atoms with Gasteiger partial charge in [0.1, 0.15) is 11.3 Å². The van der Waals surface area contributed by atoms with Gasteiger partial charge in [0.15, 0.2) is 5.43 Å². The van der Waals surface area contributed by atoms with E-state index in [2.05, 4.69) is 0 Å². The van der Waals surface area contributed by atoms with Crippen molar-refractivity contribution in [3.05, 3.63) is 74.1 Å². The topological polar surface area (TPSA) is 70.8 Å². The van der Waals surface area contributed by atoms with Crippen LogP contribution in [0.1, 0.15) is 46.6 Å². The van der Waals surface area contributed by atoms with E-state index in [1.807, 2.05) is 13.8 Å². The fourth-order valence-electron chi connectivity index (χ4n) is 3.65. The van der Waals surface area contributed by atoms with Crippen LogP contribution in [-0.2, 0) is 0 Å². The second kappa shape index (κ2) is 6.43. The van der Waals surface area contributed by atoms with Crippen LogP contribution in [0, 0.1) is 6.92 Å². The first-order valence-corrected chi connectivity index (χ1v) is 9.17. The predicted molar refractivity (Wildman–Crippen MR) is 104 cm³/mol. The molecule has 4 rings (SSSR count). The number of benzene rings is 2. The lowest BCUT2D eigenvalue weighted by molar-refractivity contribution is 0.0728. The van der Waals surface area contributed by atoms with Crippen molar-refractivity contribution in [3.8, 4) is 5.75 Å². The third-order valence-electron chi connectivity index (χ3n) is 4.90. The Labute approximate surface area is 160 Å². The van der Waals surface area contributed by atoms with Crippen molar-refractivity contribution in [2.24, 2.45) is 0 Å². The highest BCUT2D eigenvalue weighted by Gasteiger charge is 2.42. The maximum absolute atomic E-state index is 13.3. The van der Waals surface area contributed by atoms with Crippen molar-refractivity contribution in [2.45, 2.75) is 26.3 Å². The summed E-state index contributed by atoms with van der Waals surface area (Å²) in [5, 5.41) is 10.7. The summed E-state index contributed by atoms with van der Waals surface area (Å²) in [6.45, 7) is 4.25. The number of hydrogen-bond acceptors (Lipinski definition) is 4. The Bertz CT molecular complexity index is 1130. The van der Waals surface area contributed by atoms with Crippen LogP contribution in [-0.4, -0.2) is 22.5 Å². The predicted octanol–water partition coefficient (Wildman–Crippen LogP) is 4.42. The lowest BCUT2D eigenvalue weighted by Crippen LogP contribution is -2.30. The lowest BCUT2D eigenvalue weighted by Gasteiger charge is -2.24. The van der Waals surface area contributed by atoms with Gasteiger partial charge in [0.2, 0.25) is 5.76 Å². The summed E-state index contributed by atoms with van der Waals surface area (Å²) in [5.74, 6) is -0.170. The molecule has 6 heteroatoms. The molecule has 0 saturated heterocycles. The Morgan fingerprint density at radius 1 is 1.22 bits per heavy atom. The van der Waals surface area contributed by atoms with E-state index >= 15 is 0 Å². The molecule has 27 heavy (non-hydrogen) atoms. The molecule has 1 aliphatic rings. The molecule has 3 aromatic rings. The summed E-state index contributed by atoms with van der Waals surface area (Å²) in [6.07, 6.45) is 0.730. The van der Waals surface area contributed by atoms with Crippen molar-refractivity contribution in [1.82, 2.24) is 4.90 Å². The van der Waals surface area contributed by atoms with E-state index in [1.54, 1.807) is 41.3 Å². The third-order valence-corrected chi connectivity index (χ3v) is 5.30. The number of fused-ring (bicyclic) bond motifs is 2. The SMILES string of the molecule is CCCN1C(=O)c2oc3cc(C)c(Cl)cc3c(=O)c2[C@@H]1c1cccc(O)c1. The molecular formula is C21H18ClNO4. The zero-order chi connectivity index (χ0) is 19.3. The molecule has 1 atom stereocenters. The van der Waals surface area contributed by atoms with Crippen molar-refractivity contribution < 1.29 is 14.3 Å². The molecule has 0 unspecified atom stereocenters. The van der Waals surface area contributed by atoms with Crippen LogP contribution in [0.4, 0.5) is 0 Å². The fourth-order valence-corrected chi connectivity index (χ4v) is 3.82. The zero-order valence-electron chi connectivity index (χ0n) is 15.0. The number of aryl methyl sites for hydroxylation is 1. The van der Waals surface area contributed by atoms with Crippen LogP contribution in [0.15, 0.2) is 45.6 Å². The Morgan fingerprint density at radius 2 is 2.00 bits per heavy atom. The van der Waals surface area contributed by atoms with E-state index < -0.39 is 6.04 Å². The van der Waals surface area contributed by atoms with Gasteiger partial charge in [-0.3, -0.25) is 9.59 Å². The van der Waals surface area contributed by atoms with Crippen molar-refractivity contribution in [2.75, 3.05) is 6.54 Å². The van der Waals surface area contributed by atoms with E-state index in [0.717, 1.165) is 12.0 Å². The maximum atomic E-state index is 13.3. The van der Waals surface area contributed by atoms with Crippen molar-refractivity contribution in [1.29, 1.82) is 0 Å². The highest BCUT2D eigenvalue weighted by molar-refractivity contribution is 6.32. The monoisotopic (exact) mass is 383 g/mol. The number of aromatic hydroxyl groups is 1. The Morgan fingerprint density at radius 3 is 2.70 bits per heavy atom. The van der Waals surface area contributed by atoms with Crippen LogP contribution >= 0.6 is 11.6 Å². The van der Waals surface area contributed by atoms with Gasteiger partial charge in [0, 0.05) is 11.6 Å². The first-order valence-electron chi connectivity index (χ1n) is 8.79. The second-order valence-electron chi connectivity index (χ2n) is 6.77. The van der Waals surface area contributed by atoms with E-state index in [4.69, 9.17) is 16.0 Å². The molecule has 0 spiro atoms. The van der Waals surface area contributed by atoms with Gasteiger partial charge in [-0.25, -0.2) is 0 Å². The van der Waals surface area contributed by atoms with Crippen molar-refractivity contribution in [3.63, 3.8) is 0 Å². The molecule has 1 aromatic heterocycles. The number of carbonyl (C=O) groups is 1. The normalized spacial score (nSPS) is 16.2. The molecule has 1 N–H and O–H groups in total. The standard InChI is InChI=1S/C21H18ClNO4/c1-3-7-23-18(12-5-4-6-13(24)9-12)17-19(25)14-10-15(22)11(2)8-16(14)27-20(17)21(23)26/h4-6,8-10,18,24H,3,7H2,1-2H3/t18-/m0/s1. The minimum absolute atomic E-state index is 0.0658. The molecule has 2 aromatic carbocycles. The Balaban J connectivity index is 2.04. The number of amides is 1. The summed E-state index contributed by atoms with van der Waals surface area (Å²) in [6, 6.07) is 9.28. The summed E-state index contributed by atoms with van der Waals surface area (Å²) in [5.41, 5.74) is 1.81. The molecule has 0 saturated carbocycles. The van der Waals surface area contributed by atoms with Gasteiger partial charge < -0.3 is 14.4 Å². The van der Waals surface area contributed by atoms with E-state index in [9.17, 15) is 14.7 Å². The Hall–Kier alpha value is -2.79. The zero-order valence-corrected chi connectivity index (χ0v) is 15.7. The van der Waals surface area contributed by atoms with Gasteiger partial charge in [-0.15, -0.1) is 0 Å². The first kappa shape index (κ1) is 17.6. The smallest absolute Gasteiger partial charge is 0.290 e. The highest BCUT2D eigenvalue weighted by Crippen LogP contribution is 2.39. The molecule has 0 bridgehead atoms. The number of rotatable bonds is 3. The number of carbonyl (C=O) groups excluding carboxylic acids is 1. The van der Waals surface area contributed by atoms with Crippen LogP contribution in [0.25, 0.3) is 11.0 Å². The molecule has 5 nitrogen and oxygen atoms in total. The number of hydrogen-bond donors (Lipinski definition) is 1. The maximum Gasteiger partial charge on any atom is 0.290 e. The van der Waals surface area contributed by atoms with Gasteiger partial charge in [-0.05, 0) is 48.7 Å². The van der Waals surface area contributed by atoms with Gasteiger partial charge in [-0.1, -0.05) is 30.7 Å². The van der Waals surface area contributed by atoms with E-state index in [1.165, 1.54) is 0 Å². The van der Waals surface area contributed by atoms with E-state index in [0.29, 0.717) is 33.7 Å². The van der Waals surface area contributed by atoms with Crippen molar-refractivity contribution >= 4 is 28.5 Å². The van der Waals surface area contributed by atoms with Crippen LogP contribution in [0.5, 0.6) is 5.75 Å². The number of nitrogens with zero attached hydrogens (tertiary/aromatic N) is 1. The summed E-state index contributed by atoms with van der Waals surface area (Å²) in [7, 11) is 0. The Kier molecular flexibility index (Phi) is 4.19. The van der Waals surface area contributed by atoms with Crippen LogP contribution < -0.4 is 5.43 Å². The molecule has 1 amide bonds. The molecule has 0 fully saturated rings. The molecule has 0 aliphatic carbocycles. The largest absolute Gasteiger partial charge is 0.508 e. The quantitative estimate of drug-likeness (QED) is 0.727. The molecule has 138 valence electrons. The van der Waals surface area contributed by atoms with Gasteiger partial charge in [0.05, 0.1) is 17.0 Å². The average molecular weight is 384 g/mol. The second-order valence-corrected chi connectivity index (χ2v) is 7.17. The summed E-state index contributed by atoms with van der Waals surface area (Å²) in [4.78, 5) is 27.9. The highest BCUT2D eigenvalue weighted by atomic mass is 35.5. The minimum Gasteiger partial charge on any atom is -0.508 e.